The Balaban J connectivity index is 1.81. The number of hydrogen-bond donors (Lipinski definition) is 0. The van der Waals surface area contributed by atoms with E-state index in [0.717, 1.165) is 21.7 Å². The van der Waals surface area contributed by atoms with E-state index in [9.17, 15) is 9.59 Å². The zero-order valence-corrected chi connectivity index (χ0v) is 18.6. The number of likely N-dealkylation sites (N-methyl/N-ethyl adjacent to an activating group) is 1. The van der Waals surface area contributed by atoms with E-state index in [-0.39, 0.29) is 11.8 Å². The highest BCUT2D eigenvalue weighted by molar-refractivity contribution is 8.04. The fourth-order valence-electron chi connectivity index (χ4n) is 3.56. The van der Waals surface area contributed by atoms with E-state index >= 15 is 0 Å². The third-order valence-corrected chi connectivity index (χ3v) is 6.29. The van der Waals surface area contributed by atoms with E-state index in [1.165, 1.54) is 16.7 Å². The van der Waals surface area contributed by atoms with Gasteiger partial charge in [-0.1, -0.05) is 65.4 Å². The van der Waals surface area contributed by atoms with Gasteiger partial charge in [0.05, 0.1) is 5.69 Å². The summed E-state index contributed by atoms with van der Waals surface area (Å²) in [6, 6.07) is 25.2. The second-order valence-electron chi connectivity index (χ2n) is 7.45. The lowest BCUT2D eigenvalue weighted by Gasteiger charge is -2.24. The van der Waals surface area contributed by atoms with Crippen LogP contribution in [0.4, 0.5) is 11.4 Å². The quantitative estimate of drug-likeness (QED) is 0.472. The van der Waals surface area contributed by atoms with Crippen LogP contribution in [-0.4, -0.2) is 18.4 Å². The van der Waals surface area contributed by atoms with E-state index in [0.29, 0.717) is 22.8 Å². The largest absolute Gasteiger partial charge is 0.336 e. The number of rotatable bonds is 6. The molecule has 0 saturated heterocycles. The predicted molar refractivity (Wildman–Crippen MR) is 127 cm³/mol. The van der Waals surface area contributed by atoms with Crippen molar-refractivity contribution in [2.24, 2.45) is 0 Å². The van der Waals surface area contributed by atoms with Gasteiger partial charge in [0, 0.05) is 17.1 Å². The second-order valence-corrected chi connectivity index (χ2v) is 8.54. The van der Waals surface area contributed by atoms with Crippen molar-refractivity contribution in [3.8, 4) is 0 Å². The SMILES string of the molecule is CCN(C1=C(Sc2ccc(C)cc2)C(=O)N(c2ccc(C)cc2)C1=O)c1ccccc1. The first-order chi connectivity index (χ1) is 15.0. The van der Waals surface area contributed by atoms with Crippen LogP contribution in [0.5, 0.6) is 0 Å². The molecule has 5 heteroatoms. The van der Waals surface area contributed by atoms with Gasteiger partial charge in [0.15, 0.2) is 0 Å². The minimum absolute atomic E-state index is 0.288. The standard InChI is InChI=1S/C26H24N2O2S/c1-4-27(20-8-6-5-7-9-20)23-24(31-22-16-12-19(3)13-17-22)26(30)28(25(23)29)21-14-10-18(2)11-15-21/h5-17H,4H2,1-3H3. The van der Waals surface area contributed by atoms with Crippen LogP contribution in [0.1, 0.15) is 18.1 Å². The summed E-state index contributed by atoms with van der Waals surface area (Å²) in [7, 11) is 0. The van der Waals surface area contributed by atoms with Gasteiger partial charge in [-0.05, 0) is 57.2 Å². The normalized spacial score (nSPS) is 13.8. The molecule has 3 aromatic rings. The maximum atomic E-state index is 13.6. The van der Waals surface area contributed by atoms with E-state index in [1.54, 1.807) is 0 Å². The van der Waals surface area contributed by atoms with Gasteiger partial charge >= 0.3 is 0 Å². The van der Waals surface area contributed by atoms with Crippen molar-refractivity contribution in [2.45, 2.75) is 25.7 Å². The molecule has 1 heterocycles. The molecule has 0 fully saturated rings. The third-order valence-electron chi connectivity index (χ3n) is 5.21. The van der Waals surface area contributed by atoms with Crippen LogP contribution in [0.3, 0.4) is 0 Å². The Bertz CT molecular complexity index is 1140. The van der Waals surface area contributed by atoms with Crippen molar-refractivity contribution in [1.82, 2.24) is 0 Å². The molecule has 1 aliphatic heterocycles. The molecule has 156 valence electrons. The molecule has 0 bridgehead atoms. The van der Waals surface area contributed by atoms with Crippen LogP contribution < -0.4 is 9.80 Å². The van der Waals surface area contributed by atoms with Crippen LogP contribution in [0, 0.1) is 13.8 Å². The summed E-state index contributed by atoms with van der Waals surface area (Å²) in [6.45, 7) is 6.56. The highest BCUT2D eigenvalue weighted by Gasteiger charge is 2.42. The summed E-state index contributed by atoms with van der Waals surface area (Å²) in [4.78, 5) is 31.7. The molecule has 0 radical (unpaired) electrons. The number of nitrogens with zero attached hydrogens (tertiary/aromatic N) is 2. The molecule has 3 aromatic carbocycles. The molecule has 0 atom stereocenters. The van der Waals surface area contributed by atoms with Gasteiger partial charge < -0.3 is 4.90 Å². The Hall–Kier alpha value is -3.31. The lowest BCUT2D eigenvalue weighted by Crippen LogP contribution is -2.35. The molecule has 0 N–H and O–H groups in total. The van der Waals surface area contributed by atoms with Gasteiger partial charge in [-0.25, -0.2) is 4.90 Å². The predicted octanol–water partition coefficient (Wildman–Crippen LogP) is 5.71. The first-order valence-electron chi connectivity index (χ1n) is 10.3. The molecule has 0 aromatic heterocycles. The highest BCUT2D eigenvalue weighted by atomic mass is 32.2. The zero-order chi connectivity index (χ0) is 22.0. The number of imide groups is 1. The van der Waals surface area contributed by atoms with Crippen molar-refractivity contribution in [3.05, 3.63) is 101 Å². The van der Waals surface area contributed by atoms with Crippen LogP contribution in [0.2, 0.25) is 0 Å². The van der Waals surface area contributed by atoms with Crippen molar-refractivity contribution in [3.63, 3.8) is 0 Å². The highest BCUT2D eigenvalue weighted by Crippen LogP contribution is 2.40. The minimum atomic E-state index is -0.297. The molecule has 31 heavy (non-hydrogen) atoms. The summed E-state index contributed by atoms with van der Waals surface area (Å²) in [5.41, 5.74) is 4.11. The number of carbonyl (C=O) groups is 2. The van der Waals surface area contributed by atoms with Gasteiger partial charge in [0.25, 0.3) is 11.8 Å². The van der Waals surface area contributed by atoms with Gasteiger partial charge in [-0.3, -0.25) is 9.59 Å². The van der Waals surface area contributed by atoms with Crippen molar-refractivity contribution in [2.75, 3.05) is 16.3 Å². The average Bonchev–Trinajstić information content (AvgIpc) is 3.02. The van der Waals surface area contributed by atoms with Gasteiger partial charge in [0.2, 0.25) is 0 Å². The van der Waals surface area contributed by atoms with Gasteiger partial charge in [0.1, 0.15) is 10.6 Å². The first-order valence-corrected chi connectivity index (χ1v) is 11.1. The van der Waals surface area contributed by atoms with Crippen molar-refractivity contribution >= 4 is 35.0 Å². The lowest BCUT2D eigenvalue weighted by molar-refractivity contribution is -0.120. The van der Waals surface area contributed by atoms with Crippen LogP contribution in [0.15, 0.2) is 94.4 Å². The number of aryl methyl sites for hydroxylation is 2. The fraction of sp³-hybridized carbons (Fsp3) is 0.154. The van der Waals surface area contributed by atoms with E-state index < -0.39 is 0 Å². The lowest BCUT2D eigenvalue weighted by atomic mass is 10.2. The molecule has 1 aliphatic rings. The molecule has 0 aliphatic carbocycles. The monoisotopic (exact) mass is 428 g/mol. The molecule has 0 unspecified atom stereocenters. The number of anilines is 2. The molecule has 4 nitrogen and oxygen atoms in total. The molecule has 2 amide bonds. The molecule has 0 saturated carbocycles. The Morgan fingerprint density at radius 1 is 0.774 bits per heavy atom. The molecular formula is C26H24N2O2S. The molecule has 4 rings (SSSR count). The number of thioether (sulfide) groups is 1. The Kier molecular flexibility index (Phi) is 5.96. The maximum Gasteiger partial charge on any atom is 0.283 e. The maximum absolute atomic E-state index is 13.6. The van der Waals surface area contributed by atoms with E-state index in [1.807, 2.05) is 105 Å². The average molecular weight is 429 g/mol. The Morgan fingerprint density at radius 3 is 1.94 bits per heavy atom. The smallest absolute Gasteiger partial charge is 0.283 e. The number of carbonyl (C=O) groups excluding carboxylic acids is 2. The zero-order valence-electron chi connectivity index (χ0n) is 17.8. The van der Waals surface area contributed by atoms with Gasteiger partial charge in [-0.2, -0.15) is 0 Å². The number of benzene rings is 3. The van der Waals surface area contributed by atoms with E-state index in [2.05, 4.69) is 0 Å². The number of para-hydroxylation sites is 1. The summed E-state index contributed by atoms with van der Waals surface area (Å²) in [5.74, 6) is -0.585. The minimum Gasteiger partial charge on any atom is -0.336 e. The number of amides is 2. The Labute approximate surface area is 187 Å². The van der Waals surface area contributed by atoms with Crippen molar-refractivity contribution in [1.29, 1.82) is 0 Å². The van der Waals surface area contributed by atoms with Gasteiger partial charge in [-0.15, -0.1) is 0 Å². The molecule has 0 spiro atoms. The first kappa shape index (κ1) is 20.9. The van der Waals surface area contributed by atoms with Crippen molar-refractivity contribution < 1.29 is 9.59 Å². The van der Waals surface area contributed by atoms with Crippen LogP contribution >= 0.6 is 11.8 Å². The second kappa shape index (κ2) is 8.82. The van der Waals surface area contributed by atoms with Crippen LogP contribution in [-0.2, 0) is 9.59 Å². The Morgan fingerprint density at radius 2 is 1.35 bits per heavy atom. The third kappa shape index (κ3) is 4.14. The summed E-state index contributed by atoms with van der Waals surface area (Å²) in [6.07, 6.45) is 0. The summed E-state index contributed by atoms with van der Waals surface area (Å²) in [5, 5.41) is 0. The topological polar surface area (TPSA) is 40.6 Å². The summed E-state index contributed by atoms with van der Waals surface area (Å²) < 4.78 is 0. The van der Waals surface area contributed by atoms with E-state index in [4.69, 9.17) is 0 Å². The number of hydrogen-bond acceptors (Lipinski definition) is 4. The molecular weight excluding hydrogens is 404 g/mol. The summed E-state index contributed by atoms with van der Waals surface area (Å²) >= 11 is 1.35. The van der Waals surface area contributed by atoms with Crippen LogP contribution in [0.25, 0.3) is 0 Å². The fourth-order valence-corrected chi connectivity index (χ4v) is 4.54.